The summed E-state index contributed by atoms with van der Waals surface area (Å²) < 4.78 is 13.0. The smallest absolute Gasteiger partial charge is 0.338 e. The third-order valence-corrected chi connectivity index (χ3v) is 7.36. The lowest BCUT2D eigenvalue weighted by Crippen LogP contribution is -2.40. The van der Waals surface area contributed by atoms with Crippen LogP contribution in [0.25, 0.3) is 17.4 Å². The van der Waals surface area contributed by atoms with E-state index in [-0.39, 0.29) is 23.3 Å². The molecule has 0 amide bonds. The number of aromatic nitrogens is 1. The lowest BCUT2D eigenvalue weighted by Gasteiger charge is -2.25. The molecule has 0 bridgehead atoms. The van der Waals surface area contributed by atoms with Crippen molar-refractivity contribution in [3.63, 3.8) is 0 Å². The number of hydrogen-bond acceptors (Lipinski definition) is 7. The van der Waals surface area contributed by atoms with Crippen molar-refractivity contribution in [1.29, 1.82) is 0 Å². The van der Waals surface area contributed by atoms with Crippen LogP contribution in [0.4, 0.5) is 0 Å². The molecule has 2 aromatic carbocycles. The van der Waals surface area contributed by atoms with Crippen LogP contribution >= 0.6 is 22.9 Å². The summed E-state index contributed by atoms with van der Waals surface area (Å²) in [5, 5.41) is 9.51. The highest BCUT2D eigenvalue weighted by Gasteiger charge is 2.34. The van der Waals surface area contributed by atoms with Gasteiger partial charge in [0.15, 0.2) is 4.80 Å². The van der Waals surface area contributed by atoms with Gasteiger partial charge in [-0.2, -0.15) is 0 Å². The Bertz CT molecular complexity index is 1780. The Labute approximate surface area is 225 Å². The zero-order valence-corrected chi connectivity index (χ0v) is 21.9. The number of nitrogens with zero attached hydrogens (tertiary/aromatic N) is 2. The second-order valence-corrected chi connectivity index (χ2v) is 9.82. The topological polar surface area (TPSA) is 111 Å². The highest BCUT2D eigenvalue weighted by Crippen LogP contribution is 2.34. The van der Waals surface area contributed by atoms with Gasteiger partial charge in [-0.15, -0.1) is 0 Å². The first kappa shape index (κ1) is 25.4. The monoisotopic (exact) mass is 548 g/mol. The predicted molar refractivity (Wildman–Crippen MR) is 143 cm³/mol. The molecule has 1 aliphatic heterocycles. The normalized spacial score (nSPS) is 15.2. The Morgan fingerprint density at radius 2 is 1.89 bits per heavy atom. The quantitative estimate of drug-likeness (QED) is 0.357. The van der Waals surface area contributed by atoms with Crippen LogP contribution in [0.3, 0.4) is 0 Å². The molecule has 5 rings (SSSR count). The molecule has 38 heavy (non-hydrogen) atoms. The number of carbonyl (C=O) groups is 2. The molecule has 1 atom stereocenters. The highest BCUT2D eigenvalue weighted by molar-refractivity contribution is 7.07. The van der Waals surface area contributed by atoms with Gasteiger partial charge in [0.25, 0.3) is 5.56 Å². The molecule has 3 heterocycles. The van der Waals surface area contributed by atoms with Gasteiger partial charge in [0, 0.05) is 16.7 Å². The van der Waals surface area contributed by atoms with Crippen LogP contribution in [-0.4, -0.2) is 28.2 Å². The van der Waals surface area contributed by atoms with Gasteiger partial charge in [0.05, 0.1) is 28.0 Å². The summed E-state index contributed by atoms with van der Waals surface area (Å²) >= 11 is 7.70. The number of hydrogen-bond donors (Lipinski definition) is 1. The van der Waals surface area contributed by atoms with Crippen molar-refractivity contribution in [2.45, 2.75) is 19.9 Å². The van der Waals surface area contributed by atoms with Crippen molar-refractivity contribution >= 4 is 41.0 Å². The number of fused-ring (bicyclic) bond motifs is 1. The summed E-state index contributed by atoms with van der Waals surface area (Å²) in [4.78, 5) is 42.7. The number of furan rings is 1. The third-order valence-electron chi connectivity index (χ3n) is 6.03. The van der Waals surface area contributed by atoms with Gasteiger partial charge in [-0.05, 0) is 49.7 Å². The second-order valence-electron chi connectivity index (χ2n) is 8.41. The average molecular weight is 549 g/mol. The molecule has 0 spiro atoms. The van der Waals surface area contributed by atoms with E-state index in [4.69, 9.17) is 25.9 Å². The maximum Gasteiger partial charge on any atom is 0.338 e. The zero-order chi connectivity index (χ0) is 27.0. The Hall–Kier alpha value is -4.21. The predicted octanol–water partition coefficient (Wildman–Crippen LogP) is 4.41. The van der Waals surface area contributed by atoms with Crippen LogP contribution in [0.15, 0.2) is 86.1 Å². The Morgan fingerprint density at radius 3 is 2.58 bits per heavy atom. The highest BCUT2D eigenvalue weighted by atomic mass is 35.5. The maximum absolute atomic E-state index is 13.7. The van der Waals surface area contributed by atoms with Gasteiger partial charge in [-0.25, -0.2) is 14.6 Å². The Morgan fingerprint density at radius 1 is 1.16 bits per heavy atom. The summed E-state index contributed by atoms with van der Waals surface area (Å²) in [6.07, 6.45) is 1.62. The van der Waals surface area contributed by atoms with E-state index in [1.54, 1.807) is 68.5 Å². The van der Waals surface area contributed by atoms with Gasteiger partial charge < -0.3 is 14.3 Å². The standard InChI is InChI=1S/C28H21ClN2O6S/c1-3-36-27(35)23-15(2)30-28-31(24(23)19-6-4-5-7-20(19)29)25(32)22(38-28)14-18-12-13-21(37-18)16-8-10-17(11-9-16)26(33)34/h4-14,24H,3H2,1-2H3,(H,33,34)/t24-/m1/s1. The second kappa shape index (κ2) is 10.3. The molecule has 1 aliphatic rings. The van der Waals surface area contributed by atoms with Gasteiger partial charge >= 0.3 is 11.9 Å². The zero-order valence-electron chi connectivity index (χ0n) is 20.3. The number of carboxylic acids is 1. The molecular formula is C28H21ClN2O6S. The van der Waals surface area contributed by atoms with Gasteiger partial charge in [-0.3, -0.25) is 9.36 Å². The third kappa shape index (κ3) is 4.62. The van der Waals surface area contributed by atoms with E-state index >= 15 is 0 Å². The molecule has 0 saturated carbocycles. The van der Waals surface area contributed by atoms with Crippen LogP contribution in [0.5, 0.6) is 0 Å². The van der Waals surface area contributed by atoms with E-state index in [0.717, 1.165) is 0 Å². The Balaban J connectivity index is 1.61. The SMILES string of the molecule is CCOC(=O)C1=C(C)N=c2sc(=Cc3ccc(-c4ccc(C(=O)O)cc4)o3)c(=O)n2[C@@H]1c1ccccc1Cl. The van der Waals surface area contributed by atoms with Crippen LogP contribution in [0.1, 0.15) is 41.6 Å². The van der Waals surface area contributed by atoms with E-state index < -0.39 is 18.0 Å². The number of thiazole rings is 1. The van der Waals surface area contributed by atoms with Crippen molar-refractivity contribution in [3.05, 3.63) is 114 Å². The number of esters is 1. The van der Waals surface area contributed by atoms with Gasteiger partial charge in [-0.1, -0.05) is 53.3 Å². The van der Waals surface area contributed by atoms with Crippen molar-refractivity contribution in [1.82, 2.24) is 4.57 Å². The maximum atomic E-state index is 13.7. The van der Waals surface area contributed by atoms with Crippen LogP contribution in [-0.2, 0) is 9.53 Å². The average Bonchev–Trinajstić information content (AvgIpc) is 3.48. The van der Waals surface area contributed by atoms with Gasteiger partial charge in [0.2, 0.25) is 0 Å². The number of carboxylic acid groups (broad SMARTS) is 1. The molecule has 0 radical (unpaired) electrons. The fraction of sp³-hybridized carbons (Fsp3) is 0.143. The van der Waals surface area contributed by atoms with E-state index in [9.17, 15) is 14.4 Å². The van der Waals surface area contributed by atoms with Crippen LogP contribution in [0, 0.1) is 0 Å². The largest absolute Gasteiger partial charge is 0.478 e. The molecule has 10 heteroatoms. The van der Waals surface area contributed by atoms with E-state index in [2.05, 4.69) is 4.99 Å². The molecule has 8 nitrogen and oxygen atoms in total. The first-order chi connectivity index (χ1) is 18.3. The minimum atomic E-state index is -1.01. The molecule has 1 N–H and O–H groups in total. The van der Waals surface area contributed by atoms with Crippen molar-refractivity contribution in [3.8, 4) is 11.3 Å². The molecule has 0 unspecified atom stereocenters. The Kier molecular flexibility index (Phi) is 6.88. The van der Waals surface area contributed by atoms with E-state index in [0.29, 0.717) is 42.7 Å². The fourth-order valence-corrected chi connectivity index (χ4v) is 5.54. The van der Waals surface area contributed by atoms with Crippen LogP contribution < -0.4 is 14.9 Å². The summed E-state index contributed by atoms with van der Waals surface area (Å²) in [6.45, 7) is 3.60. The lowest BCUT2D eigenvalue weighted by atomic mass is 9.96. The molecule has 192 valence electrons. The van der Waals surface area contributed by atoms with E-state index in [1.165, 1.54) is 28.0 Å². The summed E-state index contributed by atoms with van der Waals surface area (Å²) in [5.74, 6) is -0.611. The number of aromatic carboxylic acids is 1. The number of halogens is 1. The molecule has 0 fully saturated rings. The molecular weight excluding hydrogens is 528 g/mol. The van der Waals surface area contributed by atoms with Crippen molar-refractivity contribution in [2.75, 3.05) is 6.61 Å². The lowest BCUT2D eigenvalue weighted by molar-refractivity contribution is -0.139. The molecule has 4 aromatic rings. The number of allylic oxidation sites excluding steroid dienone is 1. The van der Waals surface area contributed by atoms with Gasteiger partial charge in [0.1, 0.15) is 17.6 Å². The minimum absolute atomic E-state index is 0.173. The summed E-state index contributed by atoms with van der Waals surface area (Å²) in [7, 11) is 0. The van der Waals surface area contributed by atoms with Crippen molar-refractivity contribution in [2.24, 2.45) is 4.99 Å². The van der Waals surface area contributed by atoms with E-state index in [1.807, 2.05) is 0 Å². The summed E-state index contributed by atoms with van der Waals surface area (Å²) in [5.41, 5.74) is 1.81. The number of rotatable bonds is 6. The summed E-state index contributed by atoms with van der Waals surface area (Å²) in [6, 6.07) is 16.0. The first-order valence-electron chi connectivity index (χ1n) is 11.7. The number of ether oxygens (including phenoxy) is 1. The fourth-order valence-electron chi connectivity index (χ4n) is 4.27. The van der Waals surface area contributed by atoms with Crippen molar-refractivity contribution < 1.29 is 23.8 Å². The molecule has 2 aromatic heterocycles. The first-order valence-corrected chi connectivity index (χ1v) is 12.9. The molecule has 0 aliphatic carbocycles. The van der Waals surface area contributed by atoms with Crippen LogP contribution in [0.2, 0.25) is 5.02 Å². The number of carbonyl (C=O) groups excluding carboxylic acids is 1. The minimum Gasteiger partial charge on any atom is -0.478 e. The molecule has 0 saturated heterocycles. The number of benzene rings is 2.